The highest BCUT2D eigenvalue weighted by molar-refractivity contribution is 5.32. The molecule has 0 saturated carbocycles. The molecule has 0 fully saturated rings. The molecule has 1 aliphatic rings. The van der Waals surface area contributed by atoms with E-state index in [2.05, 4.69) is 22.3 Å². The third-order valence-corrected chi connectivity index (χ3v) is 4.57. The predicted octanol–water partition coefficient (Wildman–Crippen LogP) is 3.97. The maximum atomic E-state index is 13.2. The number of nitrogens with zero attached hydrogens (tertiary/aromatic N) is 1. The monoisotopic (exact) mass is 286 g/mol. The van der Waals surface area contributed by atoms with E-state index in [1.165, 1.54) is 42.4 Å². The number of hydrogen-bond acceptors (Lipinski definition) is 1. The normalized spacial score (nSPS) is 18.3. The summed E-state index contributed by atoms with van der Waals surface area (Å²) in [6.07, 6.45) is 9.48. The largest absolute Gasteiger partial charge is 0.349 e. The molecular formula is C18H23FN2. The second-order valence-corrected chi connectivity index (χ2v) is 6.07. The summed E-state index contributed by atoms with van der Waals surface area (Å²) in [5.74, 6) is -0.158. The van der Waals surface area contributed by atoms with Gasteiger partial charge in [0.2, 0.25) is 0 Å². The molecule has 3 rings (SSSR count). The van der Waals surface area contributed by atoms with Crippen LogP contribution in [0.25, 0.3) is 0 Å². The minimum Gasteiger partial charge on any atom is -0.349 e. The Hall–Kier alpha value is -1.61. The summed E-state index contributed by atoms with van der Waals surface area (Å²) in [5, 5.41) is 3.43. The van der Waals surface area contributed by atoms with Crippen LogP contribution in [0.5, 0.6) is 0 Å². The van der Waals surface area contributed by atoms with Gasteiger partial charge in [-0.25, -0.2) is 4.39 Å². The first-order chi connectivity index (χ1) is 10.2. The van der Waals surface area contributed by atoms with Crippen LogP contribution < -0.4 is 5.32 Å². The van der Waals surface area contributed by atoms with Crippen molar-refractivity contribution in [3.8, 4) is 0 Å². The Morgan fingerprint density at radius 1 is 1.29 bits per heavy atom. The lowest BCUT2D eigenvalue weighted by atomic mass is 10.1. The average Bonchev–Trinajstić information content (AvgIpc) is 2.75. The van der Waals surface area contributed by atoms with Crippen LogP contribution in [-0.2, 0) is 13.0 Å². The van der Waals surface area contributed by atoms with Crippen molar-refractivity contribution in [2.45, 2.75) is 45.2 Å². The zero-order chi connectivity index (χ0) is 14.8. The Morgan fingerprint density at radius 3 is 2.90 bits per heavy atom. The van der Waals surface area contributed by atoms with Crippen LogP contribution in [0.3, 0.4) is 0 Å². The van der Waals surface area contributed by atoms with E-state index in [1.807, 2.05) is 20.0 Å². The number of aryl methyl sites for hydroxylation is 2. The summed E-state index contributed by atoms with van der Waals surface area (Å²) in [6, 6.07) is 5.52. The number of rotatable bonds is 3. The van der Waals surface area contributed by atoms with Crippen molar-refractivity contribution in [3.63, 3.8) is 0 Å². The summed E-state index contributed by atoms with van der Waals surface area (Å²) in [5.41, 5.74) is 5.10. The van der Waals surface area contributed by atoms with Crippen molar-refractivity contribution >= 4 is 0 Å². The van der Waals surface area contributed by atoms with Gasteiger partial charge in [0, 0.05) is 25.0 Å². The van der Waals surface area contributed by atoms with Crippen molar-refractivity contribution in [1.29, 1.82) is 0 Å². The third kappa shape index (κ3) is 3.03. The molecule has 1 unspecified atom stereocenters. The van der Waals surface area contributed by atoms with Crippen LogP contribution in [0.1, 0.15) is 47.6 Å². The van der Waals surface area contributed by atoms with E-state index in [-0.39, 0.29) is 5.82 Å². The maximum absolute atomic E-state index is 13.2. The molecule has 112 valence electrons. The van der Waals surface area contributed by atoms with E-state index in [1.54, 1.807) is 12.1 Å². The fourth-order valence-corrected chi connectivity index (χ4v) is 3.34. The molecule has 0 spiro atoms. The van der Waals surface area contributed by atoms with Crippen molar-refractivity contribution < 1.29 is 4.39 Å². The first-order valence-corrected chi connectivity index (χ1v) is 7.78. The zero-order valence-electron chi connectivity index (χ0n) is 12.8. The molecule has 1 aromatic carbocycles. The molecular weight excluding hydrogens is 263 g/mol. The van der Waals surface area contributed by atoms with E-state index >= 15 is 0 Å². The lowest BCUT2D eigenvalue weighted by molar-refractivity contribution is 0.531. The van der Waals surface area contributed by atoms with Crippen LogP contribution in [0.15, 0.2) is 30.6 Å². The molecule has 0 amide bonds. The van der Waals surface area contributed by atoms with E-state index < -0.39 is 0 Å². The number of hydrogen-bond donors (Lipinski definition) is 1. The molecule has 1 aromatic heterocycles. The lowest BCUT2D eigenvalue weighted by Gasteiger charge is -2.13. The van der Waals surface area contributed by atoms with Gasteiger partial charge in [-0.1, -0.05) is 12.5 Å². The second-order valence-electron chi connectivity index (χ2n) is 6.07. The maximum Gasteiger partial charge on any atom is 0.123 e. The Bertz CT molecular complexity index is 630. The van der Waals surface area contributed by atoms with Gasteiger partial charge >= 0.3 is 0 Å². The van der Waals surface area contributed by atoms with Gasteiger partial charge < -0.3 is 9.88 Å². The first kappa shape index (κ1) is 14.3. The molecule has 3 heteroatoms. The molecule has 0 bridgehead atoms. The molecule has 1 N–H and O–H groups in total. The molecule has 0 saturated heterocycles. The predicted molar refractivity (Wildman–Crippen MR) is 84.0 cm³/mol. The number of halogens is 1. The van der Waals surface area contributed by atoms with Gasteiger partial charge in [-0.3, -0.25) is 0 Å². The fourth-order valence-electron chi connectivity index (χ4n) is 3.34. The number of aromatic nitrogens is 1. The minimum atomic E-state index is -0.158. The smallest absolute Gasteiger partial charge is 0.123 e. The molecule has 2 nitrogen and oxygen atoms in total. The molecule has 2 aromatic rings. The summed E-state index contributed by atoms with van der Waals surface area (Å²) in [6.45, 7) is 2.79. The molecule has 1 atom stereocenters. The molecule has 0 radical (unpaired) electrons. The van der Waals surface area contributed by atoms with Gasteiger partial charge in [-0.05, 0) is 67.6 Å². The van der Waals surface area contributed by atoms with Crippen LogP contribution in [0.4, 0.5) is 4.39 Å². The SMILES string of the molecule is CNC1CCCCc2cn(Cc3ccc(F)cc3C)cc21. The van der Waals surface area contributed by atoms with Gasteiger partial charge in [-0.15, -0.1) is 0 Å². The van der Waals surface area contributed by atoms with Crippen molar-refractivity contribution in [2.75, 3.05) is 7.05 Å². The van der Waals surface area contributed by atoms with Gasteiger partial charge in [0.1, 0.15) is 5.82 Å². The highest BCUT2D eigenvalue weighted by Gasteiger charge is 2.19. The van der Waals surface area contributed by atoms with E-state index in [4.69, 9.17) is 0 Å². The first-order valence-electron chi connectivity index (χ1n) is 7.78. The zero-order valence-corrected chi connectivity index (χ0v) is 12.8. The van der Waals surface area contributed by atoms with E-state index in [0.29, 0.717) is 6.04 Å². The van der Waals surface area contributed by atoms with Gasteiger partial charge in [0.05, 0.1) is 0 Å². The van der Waals surface area contributed by atoms with Gasteiger partial charge in [-0.2, -0.15) is 0 Å². The molecule has 1 aliphatic carbocycles. The average molecular weight is 286 g/mol. The summed E-state index contributed by atoms with van der Waals surface area (Å²) < 4.78 is 15.4. The second kappa shape index (κ2) is 6.02. The molecule has 0 aliphatic heterocycles. The standard InChI is InChI=1S/C18H23FN2/c1-13-9-16(19)8-7-14(13)10-21-11-15-5-3-4-6-18(20-2)17(15)12-21/h7-9,11-12,18,20H,3-6,10H2,1-2H3. The number of benzene rings is 1. The van der Waals surface area contributed by atoms with Crippen LogP contribution in [0.2, 0.25) is 0 Å². The molecule has 1 heterocycles. The summed E-state index contributed by atoms with van der Waals surface area (Å²) in [4.78, 5) is 0. The molecule has 21 heavy (non-hydrogen) atoms. The minimum absolute atomic E-state index is 0.158. The van der Waals surface area contributed by atoms with Crippen LogP contribution >= 0.6 is 0 Å². The quantitative estimate of drug-likeness (QED) is 0.845. The Balaban J connectivity index is 1.87. The topological polar surface area (TPSA) is 17.0 Å². The fraction of sp³-hybridized carbons (Fsp3) is 0.444. The van der Waals surface area contributed by atoms with Crippen molar-refractivity contribution in [3.05, 3.63) is 58.7 Å². The van der Waals surface area contributed by atoms with Gasteiger partial charge in [0.25, 0.3) is 0 Å². The van der Waals surface area contributed by atoms with Crippen LogP contribution in [-0.4, -0.2) is 11.6 Å². The Labute approximate surface area is 126 Å². The van der Waals surface area contributed by atoms with Crippen LogP contribution in [0, 0.1) is 12.7 Å². The number of nitrogens with one attached hydrogen (secondary N) is 1. The van der Waals surface area contributed by atoms with Gasteiger partial charge in [0.15, 0.2) is 0 Å². The number of fused-ring (bicyclic) bond motifs is 1. The van der Waals surface area contributed by atoms with Crippen molar-refractivity contribution in [2.24, 2.45) is 0 Å². The van der Waals surface area contributed by atoms with E-state index in [0.717, 1.165) is 12.1 Å². The summed E-state index contributed by atoms with van der Waals surface area (Å²) >= 11 is 0. The Morgan fingerprint density at radius 2 is 2.14 bits per heavy atom. The summed E-state index contributed by atoms with van der Waals surface area (Å²) in [7, 11) is 2.04. The Kier molecular flexibility index (Phi) is 4.11. The van der Waals surface area contributed by atoms with E-state index in [9.17, 15) is 4.39 Å². The third-order valence-electron chi connectivity index (χ3n) is 4.57. The highest BCUT2D eigenvalue weighted by Crippen LogP contribution is 2.29. The lowest BCUT2D eigenvalue weighted by Crippen LogP contribution is -2.15. The van der Waals surface area contributed by atoms with Crippen molar-refractivity contribution in [1.82, 2.24) is 9.88 Å². The highest BCUT2D eigenvalue weighted by atomic mass is 19.1.